The molecule has 24 heteroatoms. The summed E-state index contributed by atoms with van der Waals surface area (Å²) in [5, 5.41) is 14.2. The molecular formula is C53H52F8N8O6S2. The summed E-state index contributed by atoms with van der Waals surface area (Å²) in [6.45, 7) is 10.1. The van der Waals surface area contributed by atoms with Crippen LogP contribution in [0, 0.1) is 35.3 Å². The highest BCUT2D eigenvalue weighted by molar-refractivity contribution is 7.81. The molecule has 14 nitrogen and oxygen atoms in total. The van der Waals surface area contributed by atoms with Crippen molar-refractivity contribution in [2.75, 3.05) is 36.2 Å². The number of rotatable bonds is 17. The fraction of sp³-hybridized carbons (Fsp3) is 0.396. The topological polar surface area (TPSA) is 170 Å². The Balaban J connectivity index is 0.903. The number of hydrogen-bond donors (Lipinski definition) is 2. The van der Waals surface area contributed by atoms with Crippen LogP contribution in [-0.2, 0) is 42.8 Å². The van der Waals surface area contributed by atoms with Crippen molar-refractivity contribution in [1.82, 2.24) is 25.5 Å². The number of likely N-dealkylation sites (tertiary alicyclic amines) is 1. The number of alkyl halides is 6. The molecule has 2 aliphatic rings. The number of nitrogens with one attached hydrogen (secondary N) is 2. The molecule has 0 saturated carbocycles. The lowest BCUT2D eigenvalue weighted by Gasteiger charge is -2.35. The Morgan fingerprint density at radius 2 is 1.66 bits per heavy atom. The first-order valence-electron chi connectivity index (χ1n) is 24.1. The highest BCUT2D eigenvalue weighted by Crippen LogP contribution is 2.45. The maximum Gasteiger partial charge on any atom is 0.420 e. The Morgan fingerprint density at radius 1 is 0.961 bits per heavy atom. The summed E-state index contributed by atoms with van der Waals surface area (Å²) in [4.78, 5) is 66.1. The van der Waals surface area contributed by atoms with Gasteiger partial charge in [0.05, 0.1) is 63.2 Å². The molecule has 408 valence electrons. The number of thiazole rings is 1. The number of carbonyl (C=O) groups is 4. The van der Waals surface area contributed by atoms with Gasteiger partial charge in [-0.2, -0.15) is 31.6 Å². The second kappa shape index (κ2) is 22.9. The molecule has 2 unspecified atom stereocenters. The maximum atomic E-state index is 15.6. The molecule has 77 heavy (non-hydrogen) atoms. The van der Waals surface area contributed by atoms with E-state index >= 15 is 8.78 Å². The van der Waals surface area contributed by atoms with E-state index in [0.29, 0.717) is 49.3 Å². The van der Waals surface area contributed by atoms with Gasteiger partial charge in [0.1, 0.15) is 41.4 Å². The molecule has 5 aromatic rings. The van der Waals surface area contributed by atoms with Crippen LogP contribution in [0.4, 0.5) is 46.5 Å². The number of aromatic nitrogens is 2. The first kappa shape index (κ1) is 57.6. The van der Waals surface area contributed by atoms with E-state index in [1.807, 2.05) is 31.2 Å². The molecule has 2 N–H and O–H groups in total. The van der Waals surface area contributed by atoms with Gasteiger partial charge in [-0.1, -0.05) is 45.0 Å². The number of carbonyl (C=O) groups excluding carboxylic acids is 4. The number of anilines is 2. The molecule has 2 aromatic heterocycles. The van der Waals surface area contributed by atoms with Crippen molar-refractivity contribution in [1.29, 1.82) is 5.26 Å². The highest BCUT2D eigenvalue weighted by atomic mass is 32.1. The van der Waals surface area contributed by atoms with Gasteiger partial charge in [-0.15, -0.1) is 11.3 Å². The second-order valence-electron chi connectivity index (χ2n) is 19.8. The molecule has 2 saturated heterocycles. The highest BCUT2D eigenvalue weighted by Gasteiger charge is 2.53. The van der Waals surface area contributed by atoms with Crippen LogP contribution in [-0.4, -0.2) is 87.6 Å². The van der Waals surface area contributed by atoms with Gasteiger partial charge in [0.2, 0.25) is 17.7 Å². The van der Waals surface area contributed by atoms with Gasteiger partial charge >= 0.3 is 12.4 Å². The van der Waals surface area contributed by atoms with Gasteiger partial charge in [-0.3, -0.25) is 29.1 Å². The molecule has 7 rings (SSSR count). The normalized spacial score (nSPS) is 16.2. The third-order valence-electron chi connectivity index (χ3n) is 12.9. The minimum atomic E-state index is -5.36. The Hall–Kier alpha value is -7.10. The lowest BCUT2D eigenvalue weighted by atomic mass is 9.85. The van der Waals surface area contributed by atoms with Gasteiger partial charge in [-0.05, 0) is 106 Å². The minimum Gasteiger partial charge on any atom is -0.493 e. The Morgan fingerprint density at radius 3 is 2.29 bits per heavy atom. The molecular weight excluding hydrogens is 1060 g/mol. The number of hydrogen-bond acceptors (Lipinski definition) is 11. The van der Waals surface area contributed by atoms with Crippen molar-refractivity contribution >= 4 is 63.7 Å². The van der Waals surface area contributed by atoms with Crippen LogP contribution in [0.3, 0.4) is 0 Å². The molecule has 2 aliphatic heterocycles. The van der Waals surface area contributed by atoms with Gasteiger partial charge < -0.3 is 29.9 Å². The molecule has 0 aliphatic carbocycles. The summed E-state index contributed by atoms with van der Waals surface area (Å²) in [6, 6.07) is 12.4. The second-order valence-corrected chi connectivity index (χ2v) is 21.0. The van der Waals surface area contributed by atoms with Crippen LogP contribution in [0.25, 0.3) is 21.7 Å². The molecule has 0 spiro atoms. The third-order valence-corrected chi connectivity index (χ3v) is 14.3. The first-order chi connectivity index (χ1) is 36.1. The number of halogens is 8. The van der Waals surface area contributed by atoms with E-state index in [1.54, 1.807) is 37.6 Å². The number of thiocarbonyl (C=S) groups is 1. The number of benzene rings is 3. The van der Waals surface area contributed by atoms with Crippen molar-refractivity contribution in [3.8, 4) is 33.5 Å². The van der Waals surface area contributed by atoms with E-state index in [0.717, 1.165) is 51.0 Å². The molecule has 0 radical (unpaired) electrons. The summed E-state index contributed by atoms with van der Waals surface area (Å²) in [5.74, 6) is -5.52. The van der Waals surface area contributed by atoms with Crippen LogP contribution in [0.1, 0.15) is 88.2 Å². The summed E-state index contributed by atoms with van der Waals surface area (Å²) in [6.07, 6.45) is -7.89. The molecule has 4 heterocycles. The van der Waals surface area contributed by atoms with Crippen molar-refractivity contribution in [2.24, 2.45) is 5.41 Å². The minimum absolute atomic E-state index is 0.0188. The van der Waals surface area contributed by atoms with Crippen LogP contribution in [0.15, 0.2) is 72.4 Å². The number of unbranched alkanes of at least 4 members (excludes halogenated alkanes) is 1. The zero-order valence-corrected chi connectivity index (χ0v) is 44.1. The zero-order valence-electron chi connectivity index (χ0n) is 42.4. The summed E-state index contributed by atoms with van der Waals surface area (Å²) in [7, 11) is 0. The summed E-state index contributed by atoms with van der Waals surface area (Å²) < 4.78 is 128. The van der Waals surface area contributed by atoms with E-state index in [4.69, 9.17) is 21.7 Å². The molecule has 2 fully saturated rings. The number of nitriles is 1. The number of amides is 4. The van der Waals surface area contributed by atoms with E-state index < -0.39 is 103 Å². The van der Waals surface area contributed by atoms with Gasteiger partial charge in [-0.25, -0.2) is 13.8 Å². The Kier molecular flexibility index (Phi) is 17.1. The quantitative estimate of drug-likeness (QED) is 0.0516. The maximum absolute atomic E-state index is 15.6. The van der Waals surface area contributed by atoms with Crippen molar-refractivity contribution in [3.63, 3.8) is 0 Å². The van der Waals surface area contributed by atoms with Gasteiger partial charge in [0.15, 0.2) is 10.9 Å². The predicted molar refractivity (Wildman–Crippen MR) is 273 cm³/mol. The van der Waals surface area contributed by atoms with Crippen molar-refractivity contribution in [2.45, 2.75) is 104 Å². The monoisotopic (exact) mass is 1110 g/mol. The van der Waals surface area contributed by atoms with Crippen molar-refractivity contribution in [3.05, 3.63) is 112 Å². The molecule has 2 atom stereocenters. The smallest absolute Gasteiger partial charge is 0.420 e. The standard InChI is InChI=1S/C53H52F8N8O6S2/c1-29-44(77-28-65-29)31-13-11-30(12-14-31)25-64-46(71)39-10-9-19-67(39)47(72)45(50(2,3)4)66-40(70)27-74-20-7-8-21-75-34-16-17-35(37(54)23-34)43-36(52(56,57)58)22-33(26-63-43)69-49(76)68(48(73)51(69,5)6)38-18-15-32(24-62)41(42(38)55)53(59,60)61/h11-18,22-23,26,28,39,45H,7-10,19-21,25,27H2,1-6H3,(H,64,71)(H,66,70). The predicted octanol–water partition coefficient (Wildman–Crippen LogP) is 10.3. The lowest BCUT2D eigenvalue weighted by molar-refractivity contribution is -0.144. The van der Waals surface area contributed by atoms with Gasteiger partial charge in [0, 0.05) is 31.3 Å². The Bertz CT molecular complexity index is 3120. The average Bonchev–Trinajstić information content (AvgIpc) is 4.07. The first-order valence-corrected chi connectivity index (χ1v) is 25.4. The van der Waals surface area contributed by atoms with E-state index in [2.05, 4.69) is 20.6 Å². The Labute approximate surface area is 447 Å². The number of pyridine rings is 1. The zero-order chi connectivity index (χ0) is 56.4. The van der Waals surface area contributed by atoms with E-state index in [-0.39, 0.29) is 43.9 Å². The molecule has 4 amide bonds. The van der Waals surface area contributed by atoms with Crippen LogP contribution in [0.5, 0.6) is 5.75 Å². The summed E-state index contributed by atoms with van der Waals surface area (Å²) >= 11 is 6.90. The fourth-order valence-corrected chi connectivity index (χ4v) is 10.3. The van der Waals surface area contributed by atoms with Crippen molar-refractivity contribution < 1.29 is 63.8 Å². The number of ether oxygens (including phenoxy) is 2. The van der Waals surface area contributed by atoms with Gasteiger partial charge in [0.25, 0.3) is 5.91 Å². The fourth-order valence-electron chi connectivity index (χ4n) is 8.97. The molecule has 0 bridgehead atoms. The lowest BCUT2D eigenvalue weighted by Crippen LogP contribution is -2.58. The van der Waals surface area contributed by atoms with Crippen LogP contribution < -0.4 is 25.2 Å². The number of aryl methyl sites for hydroxylation is 1. The number of nitrogens with zero attached hydrogens (tertiary/aromatic N) is 6. The summed E-state index contributed by atoms with van der Waals surface area (Å²) in [5.41, 5.74) is -5.41. The SMILES string of the molecule is Cc1ncsc1-c1ccc(CNC(=O)C2CCCN2C(=O)C(NC(=O)COCCCCOc2ccc(-c3ncc(N4C(=S)N(c5ccc(C#N)c(C(F)(F)F)c5F)C(=O)C4(C)C)cc3C(F)(F)F)c(F)c2)C(C)(C)C)cc1. The largest absolute Gasteiger partial charge is 0.493 e. The average molecular weight is 1110 g/mol. The van der Waals surface area contributed by atoms with Crippen LogP contribution in [0.2, 0.25) is 0 Å². The molecule has 3 aromatic carbocycles. The van der Waals surface area contributed by atoms with Crippen LogP contribution >= 0.6 is 23.6 Å². The third kappa shape index (κ3) is 12.5. The van der Waals surface area contributed by atoms with E-state index in [1.165, 1.54) is 30.9 Å². The van der Waals surface area contributed by atoms with E-state index in [9.17, 15) is 50.8 Å².